The van der Waals surface area contributed by atoms with Crippen molar-refractivity contribution in [3.8, 4) is 5.88 Å². The summed E-state index contributed by atoms with van der Waals surface area (Å²) >= 11 is 1.94. The van der Waals surface area contributed by atoms with Crippen LogP contribution < -0.4 is 4.74 Å². The van der Waals surface area contributed by atoms with Gasteiger partial charge in [0.2, 0.25) is 0 Å². The largest absolute Gasteiger partial charge is 0.472 e. The first-order valence-electron chi connectivity index (χ1n) is 7.37. The van der Waals surface area contributed by atoms with Gasteiger partial charge in [-0.15, -0.1) is 11.8 Å². The summed E-state index contributed by atoms with van der Waals surface area (Å²) in [5.74, 6) is 0.638. The molecule has 0 N–H and O–H groups in total. The molecule has 4 rings (SSSR count). The quantitative estimate of drug-likeness (QED) is 0.866. The Labute approximate surface area is 132 Å². The van der Waals surface area contributed by atoms with Gasteiger partial charge < -0.3 is 9.15 Å². The number of aromatic nitrogens is 1. The van der Waals surface area contributed by atoms with E-state index in [0.717, 1.165) is 31.8 Å². The molecule has 0 radical (unpaired) electrons. The monoisotopic (exact) mass is 320 g/mol. The van der Waals surface area contributed by atoms with Crippen LogP contribution in [0.15, 0.2) is 41.3 Å². The molecule has 22 heavy (non-hydrogen) atoms. The number of ether oxygens (including phenoxy) is 1. The Bertz CT molecular complexity index is 643. The Hall–Kier alpha value is -1.53. The highest BCUT2D eigenvalue weighted by Gasteiger charge is 2.49. The van der Waals surface area contributed by atoms with Gasteiger partial charge in [-0.2, -0.15) is 0 Å². The molecule has 0 aliphatic carbocycles. The van der Waals surface area contributed by atoms with Crippen molar-refractivity contribution in [3.05, 3.63) is 48.3 Å². The van der Waals surface area contributed by atoms with Crippen LogP contribution in [0.1, 0.15) is 12.0 Å². The third-order valence-electron chi connectivity index (χ3n) is 4.19. The lowest BCUT2D eigenvalue weighted by atomic mass is 9.92. The molecular weight excluding hydrogens is 303 g/mol. The van der Waals surface area contributed by atoms with Gasteiger partial charge in [0.25, 0.3) is 5.88 Å². The first-order chi connectivity index (χ1) is 10.7. The molecule has 1 atom stereocenters. The summed E-state index contributed by atoms with van der Waals surface area (Å²) in [5, 5.41) is 0. The van der Waals surface area contributed by atoms with E-state index in [1.165, 1.54) is 11.6 Å². The van der Waals surface area contributed by atoms with Gasteiger partial charge in [0.15, 0.2) is 5.82 Å². The van der Waals surface area contributed by atoms with E-state index in [-0.39, 0.29) is 22.5 Å². The highest BCUT2D eigenvalue weighted by molar-refractivity contribution is 8.01. The van der Waals surface area contributed by atoms with Crippen LogP contribution in [-0.2, 0) is 6.54 Å². The zero-order valence-corrected chi connectivity index (χ0v) is 12.9. The Balaban J connectivity index is 1.31. The number of rotatable bonds is 4. The summed E-state index contributed by atoms with van der Waals surface area (Å²) in [6.07, 6.45) is 6.07. The van der Waals surface area contributed by atoms with E-state index in [4.69, 9.17) is 9.15 Å². The van der Waals surface area contributed by atoms with Gasteiger partial charge in [-0.25, -0.2) is 9.37 Å². The predicted octanol–water partition coefficient (Wildman–Crippen LogP) is 2.95. The van der Waals surface area contributed by atoms with E-state index < -0.39 is 0 Å². The zero-order valence-electron chi connectivity index (χ0n) is 12.1. The van der Waals surface area contributed by atoms with Gasteiger partial charge in [-0.05, 0) is 18.2 Å². The van der Waals surface area contributed by atoms with Crippen molar-refractivity contribution in [2.75, 3.05) is 18.8 Å². The molecule has 2 fully saturated rings. The second-order valence-electron chi connectivity index (χ2n) is 6.01. The molecule has 0 aromatic carbocycles. The Morgan fingerprint density at radius 2 is 2.36 bits per heavy atom. The van der Waals surface area contributed by atoms with Crippen LogP contribution in [0.2, 0.25) is 0 Å². The lowest BCUT2D eigenvalue weighted by Crippen LogP contribution is -2.58. The number of halogens is 1. The lowest BCUT2D eigenvalue weighted by molar-refractivity contribution is 0.0894. The van der Waals surface area contributed by atoms with Crippen LogP contribution in [0, 0.1) is 5.82 Å². The highest BCUT2D eigenvalue weighted by atomic mass is 32.2. The maximum Gasteiger partial charge on any atom is 0.250 e. The third kappa shape index (κ3) is 2.73. The van der Waals surface area contributed by atoms with Crippen LogP contribution in [-0.4, -0.2) is 39.6 Å². The smallest absolute Gasteiger partial charge is 0.250 e. The molecule has 0 saturated carbocycles. The molecule has 0 bridgehead atoms. The number of hydrogen-bond donors (Lipinski definition) is 0. The van der Waals surface area contributed by atoms with Crippen molar-refractivity contribution < 1.29 is 13.5 Å². The van der Waals surface area contributed by atoms with Crippen molar-refractivity contribution >= 4 is 11.8 Å². The summed E-state index contributed by atoms with van der Waals surface area (Å²) in [4.78, 5) is 6.38. The number of likely N-dealkylation sites (tertiary alicyclic amines) is 1. The molecule has 4 nitrogen and oxygen atoms in total. The Kier molecular flexibility index (Phi) is 3.58. The number of furan rings is 1. The van der Waals surface area contributed by atoms with Crippen LogP contribution >= 0.6 is 11.8 Å². The first-order valence-corrected chi connectivity index (χ1v) is 8.36. The fourth-order valence-electron chi connectivity index (χ4n) is 3.24. The molecule has 0 amide bonds. The third-order valence-corrected chi connectivity index (χ3v) is 5.76. The molecule has 0 unspecified atom stereocenters. The molecule has 4 heterocycles. The van der Waals surface area contributed by atoms with E-state index in [0.29, 0.717) is 0 Å². The van der Waals surface area contributed by atoms with Gasteiger partial charge in [0, 0.05) is 48.3 Å². The summed E-state index contributed by atoms with van der Waals surface area (Å²) in [7, 11) is 0. The average Bonchev–Trinajstić information content (AvgIpc) is 3.11. The maximum absolute atomic E-state index is 13.6. The zero-order chi connectivity index (χ0) is 15.0. The standard InChI is InChI=1S/C16H17FN2O2S/c17-14-2-1-4-18-15(14)21-13-6-16(22-9-13)10-19(11-16)7-12-3-5-20-8-12/h1-5,8,13H,6-7,9-11H2/t13-/m1/s1. The van der Waals surface area contributed by atoms with Crippen LogP contribution in [0.3, 0.4) is 0 Å². The number of pyridine rings is 1. The minimum absolute atomic E-state index is 0.0467. The lowest BCUT2D eigenvalue weighted by Gasteiger charge is -2.47. The predicted molar refractivity (Wildman–Crippen MR) is 82.4 cm³/mol. The van der Waals surface area contributed by atoms with Crippen LogP contribution in [0.4, 0.5) is 4.39 Å². The van der Waals surface area contributed by atoms with E-state index in [9.17, 15) is 4.39 Å². The number of nitrogens with zero attached hydrogens (tertiary/aromatic N) is 2. The Morgan fingerprint density at radius 3 is 3.14 bits per heavy atom. The van der Waals surface area contributed by atoms with E-state index in [2.05, 4.69) is 9.88 Å². The second-order valence-corrected chi connectivity index (χ2v) is 7.49. The highest BCUT2D eigenvalue weighted by Crippen LogP contribution is 2.46. The summed E-state index contributed by atoms with van der Waals surface area (Å²) in [6.45, 7) is 3.03. The molecule has 2 aromatic heterocycles. The van der Waals surface area contributed by atoms with Gasteiger partial charge in [0.1, 0.15) is 6.10 Å². The van der Waals surface area contributed by atoms with Crippen molar-refractivity contribution in [1.82, 2.24) is 9.88 Å². The van der Waals surface area contributed by atoms with E-state index >= 15 is 0 Å². The molecule has 2 aliphatic rings. The van der Waals surface area contributed by atoms with Crippen LogP contribution in [0.5, 0.6) is 5.88 Å². The van der Waals surface area contributed by atoms with Gasteiger partial charge >= 0.3 is 0 Å². The summed E-state index contributed by atoms with van der Waals surface area (Å²) in [5.41, 5.74) is 1.21. The van der Waals surface area contributed by atoms with E-state index in [1.54, 1.807) is 24.8 Å². The fraction of sp³-hybridized carbons (Fsp3) is 0.438. The molecule has 116 valence electrons. The van der Waals surface area contributed by atoms with Gasteiger partial charge in [-0.3, -0.25) is 4.90 Å². The molecule has 2 saturated heterocycles. The maximum atomic E-state index is 13.6. The number of thioether (sulfide) groups is 1. The van der Waals surface area contributed by atoms with Crippen molar-refractivity contribution in [1.29, 1.82) is 0 Å². The normalized spacial score (nSPS) is 23.6. The second kappa shape index (κ2) is 5.59. The SMILES string of the molecule is Fc1cccnc1O[C@H]1CSC2(C1)CN(Cc1ccoc1)C2. The molecular formula is C16H17FN2O2S. The topological polar surface area (TPSA) is 38.5 Å². The van der Waals surface area contributed by atoms with Crippen molar-refractivity contribution in [2.45, 2.75) is 23.8 Å². The summed E-state index contributed by atoms with van der Waals surface area (Å²) in [6, 6.07) is 4.96. The van der Waals surface area contributed by atoms with Crippen molar-refractivity contribution in [3.63, 3.8) is 0 Å². The van der Waals surface area contributed by atoms with Gasteiger partial charge in [0.05, 0.1) is 12.5 Å². The van der Waals surface area contributed by atoms with Crippen LogP contribution in [0.25, 0.3) is 0 Å². The molecule has 2 aromatic rings. The number of hydrogen-bond acceptors (Lipinski definition) is 5. The van der Waals surface area contributed by atoms with Gasteiger partial charge in [-0.1, -0.05) is 0 Å². The van der Waals surface area contributed by atoms with E-state index in [1.807, 2.05) is 17.8 Å². The molecule has 1 spiro atoms. The molecule has 6 heteroatoms. The minimum Gasteiger partial charge on any atom is -0.472 e. The first kappa shape index (κ1) is 14.1. The minimum atomic E-state index is -0.386. The molecule has 2 aliphatic heterocycles. The Morgan fingerprint density at radius 1 is 1.45 bits per heavy atom. The average molecular weight is 320 g/mol. The fourth-order valence-corrected chi connectivity index (χ4v) is 4.81. The summed E-state index contributed by atoms with van der Waals surface area (Å²) < 4.78 is 24.7. The van der Waals surface area contributed by atoms with Crippen molar-refractivity contribution in [2.24, 2.45) is 0 Å².